The molecule has 7 nitrogen and oxygen atoms in total. The molecule has 0 amide bonds. The van der Waals surface area contributed by atoms with Crippen LogP contribution in [0.15, 0.2) is 29.3 Å². The van der Waals surface area contributed by atoms with Crippen LogP contribution >= 0.6 is 0 Å². The standard InChI is InChI=1S/C9H10N6O/c1-10-15-8-12-7(13-9(16)14-8)6-3-2-4-11-5-6/h2-5,10H,1H3,(H2,12,13,14,15,16). The van der Waals surface area contributed by atoms with Crippen molar-refractivity contribution in [3.63, 3.8) is 0 Å². The smallest absolute Gasteiger partial charge is 0.290 e. The van der Waals surface area contributed by atoms with E-state index < -0.39 is 5.69 Å². The summed E-state index contributed by atoms with van der Waals surface area (Å²) in [5, 5.41) is 0. The number of hydrazine groups is 1. The maximum atomic E-state index is 11.3. The number of aromatic amines is 1. The van der Waals surface area contributed by atoms with Gasteiger partial charge in [-0.3, -0.25) is 15.4 Å². The molecule has 2 aromatic heterocycles. The van der Waals surface area contributed by atoms with Crippen LogP contribution < -0.4 is 16.5 Å². The van der Waals surface area contributed by atoms with Crippen molar-refractivity contribution in [3.8, 4) is 11.4 Å². The summed E-state index contributed by atoms with van der Waals surface area (Å²) < 4.78 is 0. The van der Waals surface area contributed by atoms with Crippen molar-refractivity contribution in [2.75, 3.05) is 12.5 Å². The highest BCUT2D eigenvalue weighted by Crippen LogP contribution is 2.11. The summed E-state index contributed by atoms with van der Waals surface area (Å²) in [4.78, 5) is 25.5. The first-order valence-corrected chi connectivity index (χ1v) is 4.61. The average molecular weight is 218 g/mol. The normalized spacial score (nSPS) is 10.1. The van der Waals surface area contributed by atoms with Crippen molar-refractivity contribution in [2.45, 2.75) is 0 Å². The van der Waals surface area contributed by atoms with Crippen LogP contribution in [0.3, 0.4) is 0 Å². The van der Waals surface area contributed by atoms with Crippen LogP contribution in [0.1, 0.15) is 0 Å². The zero-order valence-electron chi connectivity index (χ0n) is 8.56. The van der Waals surface area contributed by atoms with Crippen LogP contribution in [-0.2, 0) is 0 Å². The average Bonchev–Trinajstić information content (AvgIpc) is 2.30. The summed E-state index contributed by atoms with van der Waals surface area (Å²) >= 11 is 0. The lowest BCUT2D eigenvalue weighted by atomic mass is 10.3. The predicted molar refractivity (Wildman–Crippen MR) is 58.6 cm³/mol. The molecule has 0 saturated carbocycles. The van der Waals surface area contributed by atoms with Gasteiger partial charge in [-0.1, -0.05) is 0 Å². The number of hydrogen-bond acceptors (Lipinski definition) is 6. The van der Waals surface area contributed by atoms with Crippen molar-refractivity contribution in [1.82, 2.24) is 25.4 Å². The van der Waals surface area contributed by atoms with Gasteiger partial charge in [0, 0.05) is 25.0 Å². The van der Waals surface area contributed by atoms with Crippen LogP contribution in [0.25, 0.3) is 11.4 Å². The molecule has 0 bridgehead atoms. The van der Waals surface area contributed by atoms with Gasteiger partial charge in [-0.05, 0) is 12.1 Å². The predicted octanol–water partition coefficient (Wildman–Crippen LogP) is -0.227. The molecule has 16 heavy (non-hydrogen) atoms. The van der Waals surface area contributed by atoms with Gasteiger partial charge >= 0.3 is 5.69 Å². The van der Waals surface area contributed by atoms with E-state index in [-0.39, 0.29) is 5.95 Å². The third kappa shape index (κ3) is 2.20. The minimum absolute atomic E-state index is 0.213. The molecule has 0 atom stereocenters. The number of pyridine rings is 1. The molecule has 2 rings (SSSR count). The van der Waals surface area contributed by atoms with Gasteiger partial charge < -0.3 is 0 Å². The molecule has 2 heterocycles. The minimum Gasteiger partial charge on any atom is -0.290 e. The molecule has 0 aliphatic rings. The Morgan fingerprint density at radius 3 is 2.94 bits per heavy atom. The van der Waals surface area contributed by atoms with Crippen LogP contribution in [-0.4, -0.2) is 27.0 Å². The summed E-state index contributed by atoms with van der Waals surface area (Å²) in [6.07, 6.45) is 3.26. The number of hydrogen-bond donors (Lipinski definition) is 3. The molecule has 0 spiro atoms. The lowest BCUT2D eigenvalue weighted by Gasteiger charge is -2.03. The van der Waals surface area contributed by atoms with Gasteiger partial charge in [0.25, 0.3) is 0 Å². The van der Waals surface area contributed by atoms with E-state index in [4.69, 9.17) is 0 Å². The molecule has 0 aliphatic carbocycles. The summed E-state index contributed by atoms with van der Waals surface area (Å²) in [7, 11) is 1.66. The van der Waals surface area contributed by atoms with Gasteiger partial charge in [-0.15, -0.1) is 0 Å². The molecule has 0 aromatic carbocycles. The first-order chi connectivity index (χ1) is 7.79. The van der Waals surface area contributed by atoms with E-state index >= 15 is 0 Å². The third-order valence-electron chi connectivity index (χ3n) is 1.82. The fourth-order valence-corrected chi connectivity index (χ4v) is 1.19. The Kier molecular flexibility index (Phi) is 2.88. The number of anilines is 1. The summed E-state index contributed by atoms with van der Waals surface area (Å²) in [6, 6.07) is 3.56. The van der Waals surface area contributed by atoms with E-state index in [2.05, 4.69) is 30.8 Å². The second-order valence-corrected chi connectivity index (χ2v) is 2.94. The van der Waals surface area contributed by atoms with E-state index in [1.807, 2.05) is 0 Å². The Morgan fingerprint density at radius 2 is 2.25 bits per heavy atom. The van der Waals surface area contributed by atoms with Gasteiger partial charge in [0.05, 0.1) is 0 Å². The molecule has 2 aromatic rings. The molecule has 0 aliphatic heterocycles. The van der Waals surface area contributed by atoms with Crippen molar-refractivity contribution in [2.24, 2.45) is 0 Å². The Hall–Kier alpha value is -2.28. The highest BCUT2D eigenvalue weighted by atomic mass is 16.1. The number of nitrogens with zero attached hydrogens (tertiary/aromatic N) is 3. The van der Waals surface area contributed by atoms with Gasteiger partial charge in [-0.25, -0.2) is 10.2 Å². The molecule has 0 fully saturated rings. The number of nitrogens with one attached hydrogen (secondary N) is 3. The van der Waals surface area contributed by atoms with Gasteiger partial charge in [0.15, 0.2) is 0 Å². The van der Waals surface area contributed by atoms with Crippen LogP contribution in [0, 0.1) is 0 Å². The fraction of sp³-hybridized carbons (Fsp3) is 0.111. The summed E-state index contributed by atoms with van der Waals surface area (Å²) in [5.41, 5.74) is 5.55. The van der Waals surface area contributed by atoms with E-state index in [9.17, 15) is 4.79 Å². The van der Waals surface area contributed by atoms with Crippen LogP contribution in [0.5, 0.6) is 0 Å². The second kappa shape index (κ2) is 4.49. The molecule has 0 saturated heterocycles. The Bertz CT molecular complexity index is 523. The zero-order chi connectivity index (χ0) is 11.4. The van der Waals surface area contributed by atoms with Crippen molar-refractivity contribution in [3.05, 3.63) is 35.0 Å². The van der Waals surface area contributed by atoms with E-state index in [1.165, 1.54) is 0 Å². The minimum atomic E-state index is -0.466. The SMILES string of the molecule is CNNc1nc(-c2cccnc2)[nH]c(=O)n1. The lowest BCUT2D eigenvalue weighted by molar-refractivity contribution is 0.905. The largest absolute Gasteiger partial charge is 0.349 e. The van der Waals surface area contributed by atoms with E-state index in [1.54, 1.807) is 31.6 Å². The highest BCUT2D eigenvalue weighted by Gasteiger charge is 2.04. The molecule has 3 N–H and O–H groups in total. The molecular formula is C9H10N6O. The Labute approximate surface area is 91.0 Å². The van der Waals surface area contributed by atoms with Crippen molar-refractivity contribution in [1.29, 1.82) is 0 Å². The maximum Gasteiger partial charge on any atom is 0.349 e. The zero-order valence-corrected chi connectivity index (χ0v) is 8.56. The molecule has 82 valence electrons. The monoisotopic (exact) mass is 218 g/mol. The second-order valence-electron chi connectivity index (χ2n) is 2.94. The van der Waals surface area contributed by atoms with Gasteiger partial charge in [0.2, 0.25) is 5.95 Å². The molecule has 0 unspecified atom stereocenters. The lowest BCUT2D eigenvalue weighted by Crippen LogP contribution is -2.22. The highest BCUT2D eigenvalue weighted by molar-refractivity contribution is 5.53. The third-order valence-corrected chi connectivity index (χ3v) is 1.82. The summed E-state index contributed by atoms with van der Waals surface area (Å²) in [6.45, 7) is 0. The first kappa shape index (κ1) is 10.2. The first-order valence-electron chi connectivity index (χ1n) is 4.61. The Morgan fingerprint density at radius 1 is 1.38 bits per heavy atom. The van der Waals surface area contributed by atoms with Crippen LogP contribution in [0.2, 0.25) is 0 Å². The number of rotatable bonds is 3. The van der Waals surface area contributed by atoms with Crippen molar-refractivity contribution < 1.29 is 0 Å². The number of aromatic nitrogens is 4. The fourth-order valence-electron chi connectivity index (χ4n) is 1.19. The van der Waals surface area contributed by atoms with E-state index in [0.29, 0.717) is 5.82 Å². The molecular weight excluding hydrogens is 208 g/mol. The van der Waals surface area contributed by atoms with Gasteiger partial charge in [-0.2, -0.15) is 9.97 Å². The summed E-state index contributed by atoms with van der Waals surface area (Å²) in [5.74, 6) is 0.635. The number of H-pyrrole nitrogens is 1. The topological polar surface area (TPSA) is 95.6 Å². The van der Waals surface area contributed by atoms with E-state index in [0.717, 1.165) is 5.56 Å². The molecule has 0 radical (unpaired) electrons. The Balaban J connectivity index is 2.45. The van der Waals surface area contributed by atoms with Crippen molar-refractivity contribution >= 4 is 5.95 Å². The molecule has 7 heteroatoms. The van der Waals surface area contributed by atoms with Gasteiger partial charge in [0.1, 0.15) is 5.82 Å². The maximum absolute atomic E-state index is 11.3. The quantitative estimate of drug-likeness (QED) is 0.616. The van der Waals surface area contributed by atoms with Crippen LogP contribution in [0.4, 0.5) is 5.95 Å².